The molecule has 1 heterocycles. The Morgan fingerprint density at radius 3 is 1.89 bits per heavy atom. The van der Waals surface area contributed by atoms with Crippen molar-refractivity contribution < 1.29 is 0 Å². The van der Waals surface area contributed by atoms with Gasteiger partial charge in [-0.2, -0.15) is 0 Å². The van der Waals surface area contributed by atoms with Crippen molar-refractivity contribution in [1.82, 2.24) is 5.32 Å². The molecule has 0 aromatic rings. The van der Waals surface area contributed by atoms with Crippen LogP contribution in [0.25, 0.3) is 0 Å². The van der Waals surface area contributed by atoms with E-state index in [9.17, 15) is 0 Å². The smallest absolute Gasteiger partial charge is 0.00842 e. The number of rotatable bonds is 0. The number of nitrogens with one attached hydrogen (secondary N) is 1. The molecule has 2 atom stereocenters. The molecule has 54 valence electrons. The first-order valence-corrected chi connectivity index (χ1v) is 3.75. The van der Waals surface area contributed by atoms with E-state index in [2.05, 4.69) is 33.0 Å². The maximum absolute atomic E-state index is 3.36. The van der Waals surface area contributed by atoms with Gasteiger partial charge in [0.15, 0.2) is 0 Å². The highest BCUT2D eigenvalue weighted by atomic mass is 15.0. The van der Waals surface area contributed by atoms with Crippen molar-refractivity contribution in [2.75, 3.05) is 6.54 Å². The summed E-state index contributed by atoms with van der Waals surface area (Å²) in [6.07, 6.45) is 0. The van der Waals surface area contributed by atoms with Crippen LogP contribution in [-0.4, -0.2) is 12.6 Å². The molecule has 1 rings (SSSR count). The van der Waals surface area contributed by atoms with Gasteiger partial charge in [0.05, 0.1) is 0 Å². The first kappa shape index (κ1) is 7.07. The second-order valence-electron chi connectivity index (χ2n) is 4.17. The van der Waals surface area contributed by atoms with Gasteiger partial charge in [0.25, 0.3) is 0 Å². The average molecular weight is 127 g/mol. The lowest BCUT2D eigenvalue weighted by atomic mass is 9.72. The Morgan fingerprint density at radius 2 is 1.89 bits per heavy atom. The summed E-state index contributed by atoms with van der Waals surface area (Å²) in [7, 11) is 0. The predicted molar refractivity (Wildman–Crippen MR) is 40.4 cm³/mol. The molecule has 1 saturated heterocycles. The minimum Gasteiger partial charge on any atom is -0.314 e. The highest BCUT2D eigenvalue weighted by Crippen LogP contribution is 2.32. The largest absolute Gasteiger partial charge is 0.314 e. The van der Waals surface area contributed by atoms with E-state index in [0.29, 0.717) is 5.41 Å². The van der Waals surface area contributed by atoms with E-state index in [1.165, 1.54) is 6.54 Å². The molecule has 1 aliphatic heterocycles. The Bertz CT molecular complexity index is 102. The maximum Gasteiger partial charge on any atom is 0.00842 e. The lowest BCUT2D eigenvalue weighted by Gasteiger charge is -2.44. The van der Waals surface area contributed by atoms with Gasteiger partial charge in [-0.1, -0.05) is 20.8 Å². The van der Waals surface area contributed by atoms with E-state index in [-0.39, 0.29) is 0 Å². The highest BCUT2D eigenvalue weighted by molar-refractivity contribution is 4.91. The summed E-state index contributed by atoms with van der Waals surface area (Å²) >= 11 is 0. The van der Waals surface area contributed by atoms with Crippen LogP contribution in [0.15, 0.2) is 0 Å². The lowest BCUT2D eigenvalue weighted by molar-refractivity contribution is 0.110. The van der Waals surface area contributed by atoms with Gasteiger partial charge in [-0.3, -0.25) is 0 Å². The van der Waals surface area contributed by atoms with Gasteiger partial charge in [0.1, 0.15) is 0 Å². The Balaban J connectivity index is 2.44. The van der Waals surface area contributed by atoms with Crippen LogP contribution < -0.4 is 5.32 Å². The molecule has 9 heavy (non-hydrogen) atoms. The average Bonchev–Trinajstić information content (AvgIpc) is 1.57. The van der Waals surface area contributed by atoms with Crippen molar-refractivity contribution in [3.05, 3.63) is 0 Å². The third kappa shape index (κ3) is 1.26. The highest BCUT2D eigenvalue weighted by Gasteiger charge is 2.35. The van der Waals surface area contributed by atoms with Crippen molar-refractivity contribution in [3.8, 4) is 0 Å². The molecule has 1 N–H and O–H groups in total. The van der Waals surface area contributed by atoms with Crippen LogP contribution in [0, 0.1) is 11.3 Å². The van der Waals surface area contributed by atoms with Crippen LogP contribution in [0.4, 0.5) is 0 Å². The number of hydrogen-bond acceptors (Lipinski definition) is 1. The Kier molecular flexibility index (Phi) is 1.55. The van der Waals surface area contributed by atoms with Crippen LogP contribution >= 0.6 is 0 Å². The summed E-state index contributed by atoms with van der Waals surface area (Å²) < 4.78 is 0. The molecule has 0 aliphatic carbocycles. The molecule has 1 nitrogen and oxygen atoms in total. The van der Waals surface area contributed by atoms with Crippen LogP contribution in [0.3, 0.4) is 0 Å². The SMILES string of the molecule is CC1NCC1C(C)(C)C. The van der Waals surface area contributed by atoms with E-state index < -0.39 is 0 Å². The molecular weight excluding hydrogens is 110 g/mol. The van der Waals surface area contributed by atoms with Crippen LogP contribution in [0.1, 0.15) is 27.7 Å². The molecule has 0 aromatic carbocycles. The topological polar surface area (TPSA) is 12.0 Å². The van der Waals surface area contributed by atoms with Crippen LogP contribution in [-0.2, 0) is 0 Å². The maximum atomic E-state index is 3.36. The van der Waals surface area contributed by atoms with E-state index in [1.807, 2.05) is 0 Å². The van der Waals surface area contributed by atoms with E-state index in [1.54, 1.807) is 0 Å². The fraction of sp³-hybridized carbons (Fsp3) is 1.00. The van der Waals surface area contributed by atoms with E-state index in [4.69, 9.17) is 0 Å². The summed E-state index contributed by atoms with van der Waals surface area (Å²) in [6.45, 7) is 10.4. The van der Waals surface area contributed by atoms with Crippen molar-refractivity contribution in [2.45, 2.75) is 33.7 Å². The van der Waals surface area contributed by atoms with Gasteiger partial charge in [-0.15, -0.1) is 0 Å². The molecular formula is C8H17N. The zero-order valence-electron chi connectivity index (χ0n) is 6.86. The van der Waals surface area contributed by atoms with Crippen molar-refractivity contribution >= 4 is 0 Å². The monoisotopic (exact) mass is 127 g/mol. The van der Waals surface area contributed by atoms with E-state index in [0.717, 1.165) is 12.0 Å². The standard InChI is InChI=1S/C8H17N/c1-6-7(5-9-6)8(2,3)4/h6-7,9H,5H2,1-4H3. The summed E-state index contributed by atoms with van der Waals surface area (Å²) in [5.74, 6) is 0.887. The quantitative estimate of drug-likeness (QED) is 0.521. The van der Waals surface area contributed by atoms with Gasteiger partial charge >= 0.3 is 0 Å². The summed E-state index contributed by atoms with van der Waals surface area (Å²) in [5.41, 5.74) is 0.505. The second kappa shape index (κ2) is 1.98. The normalized spacial score (nSPS) is 36.0. The molecule has 0 amide bonds. The number of hydrogen-bond donors (Lipinski definition) is 1. The van der Waals surface area contributed by atoms with Crippen molar-refractivity contribution in [1.29, 1.82) is 0 Å². The van der Waals surface area contributed by atoms with Crippen molar-refractivity contribution in [3.63, 3.8) is 0 Å². The fourth-order valence-electron chi connectivity index (χ4n) is 1.53. The van der Waals surface area contributed by atoms with Gasteiger partial charge in [0.2, 0.25) is 0 Å². The lowest BCUT2D eigenvalue weighted by Crippen LogP contribution is -2.56. The second-order valence-corrected chi connectivity index (χ2v) is 4.17. The first-order valence-electron chi connectivity index (χ1n) is 3.75. The van der Waals surface area contributed by atoms with Crippen molar-refractivity contribution in [2.24, 2.45) is 11.3 Å². The molecule has 0 bridgehead atoms. The molecule has 1 heteroatoms. The molecule has 1 fully saturated rings. The van der Waals surface area contributed by atoms with Gasteiger partial charge in [0, 0.05) is 12.6 Å². The summed E-state index contributed by atoms with van der Waals surface area (Å²) in [4.78, 5) is 0. The predicted octanol–water partition coefficient (Wildman–Crippen LogP) is 1.64. The Morgan fingerprint density at radius 1 is 1.33 bits per heavy atom. The minimum atomic E-state index is 0.505. The van der Waals surface area contributed by atoms with E-state index >= 15 is 0 Å². The summed E-state index contributed by atoms with van der Waals surface area (Å²) in [6, 6.07) is 0.741. The summed E-state index contributed by atoms with van der Waals surface area (Å²) in [5, 5.41) is 3.36. The first-order chi connectivity index (χ1) is 4.02. The third-order valence-corrected chi connectivity index (χ3v) is 2.38. The van der Waals surface area contributed by atoms with Crippen LogP contribution in [0.2, 0.25) is 0 Å². The fourth-order valence-corrected chi connectivity index (χ4v) is 1.53. The third-order valence-electron chi connectivity index (χ3n) is 2.38. The molecule has 2 unspecified atom stereocenters. The molecule has 0 saturated carbocycles. The molecule has 0 aromatic heterocycles. The zero-order chi connectivity index (χ0) is 7.07. The zero-order valence-corrected chi connectivity index (χ0v) is 6.86. The Labute approximate surface area is 57.8 Å². The molecule has 1 aliphatic rings. The molecule has 0 spiro atoms. The minimum absolute atomic E-state index is 0.505. The van der Waals surface area contributed by atoms with Gasteiger partial charge in [-0.05, 0) is 18.3 Å². The van der Waals surface area contributed by atoms with Gasteiger partial charge in [-0.25, -0.2) is 0 Å². The van der Waals surface area contributed by atoms with Gasteiger partial charge < -0.3 is 5.32 Å². The molecule has 0 radical (unpaired) electrons. The Hall–Kier alpha value is -0.0400. The van der Waals surface area contributed by atoms with Crippen LogP contribution in [0.5, 0.6) is 0 Å².